The van der Waals surface area contributed by atoms with Gasteiger partial charge in [-0.3, -0.25) is 4.79 Å². The van der Waals surface area contributed by atoms with Crippen LogP contribution in [0.5, 0.6) is 11.6 Å². The van der Waals surface area contributed by atoms with Gasteiger partial charge in [0, 0.05) is 49.3 Å². The molecule has 0 radical (unpaired) electrons. The first kappa shape index (κ1) is 23.8. The lowest BCUT2D eigenvalue weighted by atomic mass is 10.2. The zero-order valence-corrected chi connectivity index (χ0v) is 21.1. The summed E-state index contributed by atoms with van der Waals surface area (Å²) in [6.07, 6.45) is 1.23. The monoisotopic (exact) mass is 500 g/mol. The van der Waals surface area contributed by atoms with Crippen molar-refractivity contribution in [2.45, 2.75) is 6.92 Å². The molecular formula is C27H28N6O2S. The van der Waals surface area contributed by atoms with E-state index in [1.807, 2.05) is 42.6 Å². The van der Waals surface area contributed by atoms with Crippen molar-refractivity contribution in [2.24, 2.45) is 0 Å². The zero-order chi connectivity index (χ0) is 25.1. The van der Waals surface area contributed by atoms with E-state index in [0.29, 0.717) is 23.3 Å². The summed E-state index contributed by atoms with van der Waals surface area (Å²) in [6.45, 7) is 9.64. The highest BCUT2D eigenvalue weighted by molar-refractivity contribution is 7.17. The summed E-state index contributed by atoms with van der Waals surface area (Å²) in [6, 6.07) is 15.8. The van der Waals surface area contributed by atoms with Gasteiger partial charge in [0.1, 0.15) is 10.4 Å². The Labute approximate surface area is 214 Å². The van der Waals surface area contributed by atoms with Crippen molar-refractivity contribution in [1.82, 2.24) is 14.9 Å². The maximum Gasteiger partial charge on any atom is 0.247 e. The first-order valence-corrected chi connectivity index (χ1v) is 12.6. The van der Waals surface area contributed by atoms with Crippen LogP contribution in [0.2, 0.25) is 0 Å². The molecule has 1 aliphatic heterocycles. The molecular weight excluding hydrogens is 472 g/mol. The summed E-state index contributed by atoms with van der Waals surface area (Å²) in [4.78, 5) is 25.8. The van der Waals surface area contributed by atoms with Crippen LogP contribution in [0.15, 0.2) is 66.6 Å². The number of nitrogens with zero attached hydrogens (tertiary/aromatic N) is 4. The van der Waals surface area contributed by atoms with Gasteiger partial charge >= 0.3 is 0 Å². The molecule has 1 amide bonds. The highest BCUT2D eigenvalue weighted by Crippen LogP contribution is 2.35. The molecule has 0 saturated carbocycles. The molecule has 8 nitrogen and oxygen atoms in total. The maximum atomic E-state index is 11.7. The molecule has 0 aliphatic carbocycles. The lowest BCUT2D eigenvalue weighted by Gasteiger charge is -2.34. The number of amides is 1. The number of carbonyl (C=O) groups is 1. The maximum absolute atomic E-state index is 11.7. The average Bonchev–Trinajstić information content (AvgIpc) is 3.36. The minimum atomic E-state index is -0.280. The van der Waals surface area contributed by atoms with Crippen molar-refractivity contribution in [3.05, 3.63) is 72.1 Å². The van der Waals surface area contributed by atoms with E-state index in [-0.39, 0.29) is 5.91 Å². The fourth-order valence-electron chi connectivity index (χ4n) is 4.00. The van der Waals surface area contributed by atoms with Crippen LogP contribution in [0, 0.1) is 6.92 Å². The number of hydrogen-bond donors (Lipinski definition) is 2. The van der Waals surface area contributed by atoms with Crippen molar-refractivity contribution in [2.75, 3.05) is 48.8 Å². The van der Waals surface area contributed by atoms with Crippen molar-refractivity contribution < 1.29 is 9.53 Å². The molecule has 1 aliphatic rings. The topological polar surface area (TPSA) is 82.6 Å². The van der Waals surface area contributed by atoms with Crippen molar-refractivity contribution in [3.63, 3.8) is 0 Å². The highest BCUT2D eigenvalue weighted by atomic mass is 32.1. The molecule has 0 bridgehead atoms. The number of carbonyl (C=O) groups excluding carboxylic acids is 1. The summed E-state index contributed by atoms with van der Waals surface area (Å²) in [5.74, 6) is 1.24. The Hall–Kier alpha value is -3.95. The van der Waals surface area contributed by atoms with E-state index < -0.39 is 0 Å². The standard InChI is InChI=1S/C27H28N6O2S/c1-4-24(34)28-20-6-5-18(2)23(17-20)35-26-25-22(11-16-36-25)30-27(31-26)29-19-7-9-21(10-8-19)33-14-12-32(3)13-15-33/h4-11,16-17H,1,12-15H2,2-3H3,(H,28,34)(H,29,30,31). The zero-order valence-electron chi connectivity index (χ0n) is 20.3. The van der Waals surface area contributed by atoms with Gasteiger partial charge in [0.2, 0.25) is 17.7 Å². The summed E-state index contributed by atoms with van der Waals surface area (Å²) < 4.78 is 7.11. The normalized spacial score (nSPS) is 14.0. The molecule has 184 valence electrons. The van der Waals surface area contributed by atoms with Crippen LogP contribution in [-0.2, 0) is 4.79 Å². The third-order valence-corrected chi connectivity index (χ3v) is 7.00. The second-order valence-corrected chi connectivity index (χ2v) is 9.64. The van der Waals surface area contributed by atoms with E-state index in [1.54, 1.807) is 6.07 Å². The van der Waals surface area contributed by atoms with Gasteiger partial charge in [-0.1, -0.05) is 12.6 Å². The molecule has 0 atom stereocenters. The molecule has 3 heterocycles. The smallest absolute Gasteiger partial charge is 0.247 e. The lowest BCUT2D eigenvalue weighted by molar-refractivity contribution is -0.111. The number of rotatable bonds is 7. The Morgan fingerprint density at radius 3 is 2.56 bits per heavy atom. The molecule has 2 aromatic carbocycles. The number of piperazine rings is 1. The number of thiophene rings is 1. The Morgan fingerprint density at radius 1 is 1.06 bits per heavy atom. The lowest BCUT2D eigenvalue weighted by Crippen LogP contribution is -2.44. The Bertz CT molecular complexity index is 1390. The van der Waals surface area contributed by atoms with Gasteiger partial charge in [0.05, 0.1) is 5.52 Å². The molecule has 2 N–H and O–H groups in total. The van der Waals surface area contributed by atoms with Crippen LogP contribution in [0.25, 0.3) is 10.2 Å². The van der Waals surface area contributed by atoms with Gasteiger partial charge in [-0.15, -0.1) is 11.3 Å². The predicted octanol–water partition coefficient (Wildman–Crippen LogP) is 5.41. The molecule has 4 aromatic rings. The minimum absolute atomic E-state index is 0.280. The second-order valence-electron chi connectivity index (χ2n) is 8.73. The number of nitrogens with one attached hydrogen (secondary N) is 2. The Kier molecular flexibility index (Phi) is 6.84. The van der Waals surface area contributed by atoms with E-state index in [2.05, 4.69) is 56.2 Å². The van der Waals surface area contributed by atoms with Crippen molar-refractivity contribution >= 4 is 50.5 Å². The molecule has 1 fully saturated rings. The SMILES string of the molecule is C=CC(=O)Nc1ccc(C)c(Oc2nc(Nc3ccc(N4CCN(C)CC4)cc3)nc3ccsc23)c1. The number of hydrogen-bond acceptors (Lipinski definition) is 8. The van der Waals surface area contributed by atoms with Crippen molar-refractivity contribution in [3.8, 4) is 11.6 Å². The highest BCUT2D eigenvalue weighted by Gasteiger charge is 2.16. The molecule has 36 heavy (non-hydrogen) atoms. The van der Waals surface area contributed by atoms with E-state index >= 15 is 0 Å². The number of fused-ring (bicyclic) bond motifs is 1. The van der Waals surface area contributed by atoms with Crippen LogP contribution in [0.1, 0.15) is 5.56 Å². The van der Waals surface area contributed by atoms with Crippen molar-refractivity contribution in [1.29, 1.82) is 0 Å². The van der Waals surface area contributed by atoms with E-state index in [1.165, 1.54) is 23.1 Å². The summed E-state index contributed by atoms with van der Waals surface area (Å²) in [5, 5.41) is 8.05. The molecule has 1 saturated heterocycles. The summed E-state index contributed by atoms with van der Waals surface area (Å²) >= 11 is 1.52. The van der Waals surface area contributed by atoms with Crippen LogP contribution in [-0.4, -0.2) is 54.0 Å². The quantitative estimate of drug-likeness (QED) is 0.328. The molecule has 0 unspecified atom stereocenters. The Morgan fingerprint density at radius 2 is 1.81 bits per heavy atom. The molecule has 2 aromatic heterocycles. The fraction of sp³-hybridized carbons (Fsp3) is 0.222. The third-order valence-electron chi connectivity index (χ3n) is 6.11. The van der Waals surface area contributed by atoms with E-state index in [9.17, 15) is 4.79 Å². The van der Waals surface area contributed by atoms with Gasteiger partial charge in [-0.2, -0.15) is 4.98 Å². The number of likely N-dealkylation sites (N-methyl/N-ethyl adjacent to an activating group) is 1. The predicted molar refractivity (Wildman–Crippen MR) is 147 cm³/mol. The number of benzene rings is 2. The number of ether oxygens (including phenoxy) is 1. The van der Waals surface area contributed by atoms with Gasteiger partial charge in [0.15, 0.2) is 0 Å². The van der Waals surface area contributed by atoms with Crippen LogP contribution in [0.4, 0.5) is 23.0 Å². The van der Waals surface area contributed by atoms with Crippen LogP contribution in [0.3, 0.4) is 0 Å². The van der Waals surface area contributed by atoms with Gasteiger partial charge in [0.25, 0.3) is 0 Å². The van der Waals surface area contributed by atoms with Crippen LogP contribution >= 0.6 is 11.3 Å². The van der Waals surface area contributed by atoms with Gasteiger partial charge < -0.3 is 25.2 Å². The van der Waals surface area contributed by atoms with Gasteiger partial charge in [-0.05, 0) is 67.4 Å². The largest absolute Gasteiger partial charge is 0.437 e. The number of aryl methyl sites for hydroxylation is 1. The van der Waals surface area contributed by atoms with E-state index in [0.717, 1.165) is 47.6 Å². The van der Waals surface area contributed by atoms with E-state index in [4.69, 9.17) is 4.74 Å². The molecule has 0 spiro atoms. The summed E-state index contributed by atoms with van der Waals surface area (Å²) in [7, 11) is 2.16. The average molecular weight is 501 g/mol. The fourth-order valence-corrected chi connectivity index (χ4v) is 4.75. The third kappa shape index (κ3) is 5.32. The number of anilines is 4. The minimum Gasteiger partial charge on any atom is -0.437 e. The molecule has 5 rings (SSSR count). The Balaban J connectivity index is 1.37. The van der Waals surface area contributed by atoms with Crippen LogP contribution < -0.4 is 20.3 Å². The summed E-state index contributed by atoms with van der Waals surface area (Å²) in [5.41, 5.74) is 4.46. The molecule has 9 heteroatoms. The first-order valence-electron chi connectivity index (χ1n) is 11.8. The second kappa shape index (κ2) is 10.3. The van der Waals surface area contributed by atoms with Gasteiger partial charge in [-0.25, -0.2) is 4.98 Å². The first-order chi connectivity index (χ1) is 17.5. The number of aromatic nitrogens is 2.